The van der Waals surface area contributed by atoms with Gasteiger partial charge in [-0.1, -0.05) is 41.4 Å². The summed E-state index contributed by atoms with van der Waals surface area (Å²) in [6.45, 7) is 6.08. The fourth-order valence-corrected chi connectivity index (χ4v) is 4.13. The number of amides is 1. The molecule has 1 aliphatic heterocycles. The molecular weight excluding hydrogens is 527 g/mol. The van der Waals surface area contributed by atoms with Crippen molar-refractivity contribution in [3.8, 4) is 17.2 Å². The highest BCUT2D eigenvalue weighted by molar-refractivity contribution is 9.11. The molecule has 0 aliphatic carbocycles. The van der Waals surface area contributed by atoms with E-state index in [4.69, 9.17) is 25.8 Å². The summed E-state index contributed by atoms with van der Waals surface area (Å²) in [4.78, 5) is 12.2. The van der Waals surface area contributed by atoms with Crippen molar-refractivity contribution in [1.29, 1.82) is 0 Å². The number of carbonyl (C=O) groups is 1. The van der Waals surface area contributed by atoms with Crippen LogP contribution in [0.5, 0.6) is 17.2 Å². The van der Waals surface area contributed by atoms with Crippen molar-refractivity contribution in [2.75, 3.05) is 13.4 Å². The molecule has 29 heavy (non-hydrogen) atoms. The van der Waals surface area contributed by atoms with E-state index < -0.39 is 0 Å². The summed E-state index contributed by atoms with van der Waals surface area (Å²) >= 11 is 13.3. The third-order valence-electron chi connectivity index (χ3n) is 4.29. The molecule has 0 unspecified atom stereocenters. The van der Waals surface area contributed by atoms with E-state index >= 15 is 0 Å². The van der Waals surface area contributed by atoms with Crippen LogP contribution in [-0.2, 0) is 4.79 Å². The fraction of sp³-hybridized carbons (Fsp3) is 0.300. The first-order valence-electron chi connectivity index (χ1n) is 8.80. The smallest absolute Gasteiger partial charge is 0.277 e. The lowest BCUT2D eigenvalue weighted by molar-refractivity contribution is -0.123. The predicted molar refractivity (Wildman–Crippen MR) is 119 cm³/mol. The van der Waals surface area contributed by atoms with Crippen LogP contribution in [0.25, 0.3) is 0 Å². The highest BCUT2D eigenvalue weighted by Gasteiger charge is 2.18. The van der Waals surface area contributed by atoms with Gasteiger partial charge >= 0.3 is 0 Å². The Bertz CT molecular complexity index is 980. The van der Waals surface area contributed by atoms with Crippen molar-refractivity contribution in [3.63, 3.8) is 0 Å². The average Bonchev–Trinajstić information content (AvgIpc) is 3.12. The van der Waals surface area contributed by atoms with Gasteiger partial charge in [0.15, 0.2) is 18.1 Å². The summed E-state index contributed by atoms with van der Waals surface area (Å²) in [6, 6.07) is 5.36. The van der Waals surface area contributed by atoms with Crippen LogP contribution < -0.4 is 19.6 Å². The SMILES string of the molecule is Cc1c(Br)cc(C(C)C)c(OCC(=O)N/N=C/c2cc3c(cc2Cl)OCO3)c1Br. The first kappa shape index (κ1) is 21.9. The molecule has 6 nitrogen and oxygen atoms in total. The average molecular weight is 547 g/mol. The highest BCUT2D eigenvalue weighted by Crippen LogP contribution is 2.40. The first-order valence-corrected chi connectivity index (χ1v) is 10.8. The first-order chi connectivity index (χ1) is 13.8. The molecule has 0 bridgehead atoms. The Morgan fingerprint density at radius 1 is 1.31 bits per heavy atom. The number of ether oxygens (including phenoxy) is 3. The number of halogens is 3. The second-order valence-electron chi connectivity index (χ2n) is 6.68. The van der Waals surface area contributed by atoms with Gasteiger partial charge in [0.05, 0.1) is 15.7 Å². The number of benzene rings is 2. The Balaban J connectivity index is 1.64. The Labute approximate surface area is 190 Å². The van der Waals surface area contributed by atoms with Crippen molar-refractivity contribution in [2.45, 2.75) is 26.7 Å². The molecule has 0 radical (unpaired) electrons. The van der Waals surface area contributed by atoms with E-state index in [2.05, 4.69) is 56.2 Å². The van der Waals surface area contributed by atoms with Gasteiger partial charge in [-0.05, 0) is 52.0 Å². The van der Waals surface area contributed by atoms with Crippen molar-refractivity contribution >= 4 is 55.6 Å². The van der Waals surface area contributed by atoms with Gasteiger partial charge in [0.25, 0.3) is 5.91 Å². The van der Waals surface area contributed by atoms with Gasteiger partial charge < -0.3 is 14.2 Å². The zero-order valence-corrected chi connectivity index (χ0v) is 19.9. The standard InChI is InChI=1S/C20H19Br2ClN2O4/c1-10(2)13-5-14(21)11(3)19(22)20(13)27-8-18(26)25-24-7-12-4-16-17(6-15(12)23)29-9-28-16/h4-7,10H,8-9H2,1-3H3,(H,25,26)/b24-7+. The van der Waals surface area contributed by atoms with Gasteiger partial charge in [-0.2, -0.15) is 5.10 Å². The number of carbonyl (C=O) groups excluding carboxylic acids is 1. The maximum absolute atomic E-state index is 12.2. The minimum atomic E-state index is -0.389. The van der Waals surface area contributed by atoms with Crippen LogP contribution in [0.2, 0.25) is 5.02 Å². The Kier molecular flexibility index (Phi) is 7.08. The molecular formula is C20H19Br2ClN2O4. The number of nitrogens with one attached hydrogen (secondary N) is 1. The summed E-state index contributed by atoms with van der Waals surface area (Å²) in [6.07, 6.45) is 1.45. The van der Waals surface area contributed by atoms with Gasteiger partial charge in [-0.25, -0.2) is 5.43 Å². The van der Waals surface area contributed by atoms with Gasteiger partial charge in [0.1, 0.15) is 5.75 Å². The third kappa shape index (κ3) is 5.05. The minimum absolute atomic E-state index is 0.157. The zero-order chi connectivity index (χ0) is 21.1. The maximum Gasteiger partial charge on any atom is 0.277 e. The number of rotatable bonds is 6. The third-order valence-corrected chi connectivity index (χ3v) is 6.39. The van der Waals surface area contributed by atoms with E-state index in [1.807, 2.05) is 13.0 Å². The van der Waals surface area contributed by atoms with Gasteiger partial charge in [0.2, 0.25) is 6.79 Å². The molecule has 0 fully saturated rings. The van der Waals surface area contributed by atoms with E-state index in [-0.39, 0.29) is 25.2 Å². The van der Waals surface area contributed by atoms with Crippen LogP contribution in [0.3, 0.4) is 0 Å². The number of hydrogen-bond acceptors (Lipinski definition) is 5. The Morgan fingerprint density at radius 3 is 2.69 bits per heavy atom. The topological polar surface area (TPSA) is 69.2 Å². The molecule has 0 spiro atoms. The number of nitrogens with zero attached hydrogens (tertiary/aromatic N) is 1. The molecule has 0 saturated carbocycles. The summed E-state index contributed by atoms with van der Waals surface area (Å²) in [5.41, 5.74) is 5.04. The second-order valence-corrected chi connectivity index (χ2v) is 8.73. The maximum atomic E-state index is 12.2. The largest absolute Gasteiger partial charge is 0.482 e. The lowest BCUT2D eigenvalue weighted by Crippen LogP contribution is -2.25. The monoisotopic (exact) mass is 544 g/mol. The van der Waals surface area contributed by atoms with Crippen molar-refractivity contribution in [3.05, 3.63) is 48.9 Å². The minimum Gasteiger partial charge on any atom is -0.482 e. The molecule has 1 N–H and O–H groups in total. The van der Waals surface area contributed by atoms with Crippen molar-refractivity contribution in [1.82, 2.24) is 5.43 Å². The highest BCUT2D eigenvalue weighted by atomic mass is 79.9. The molecule has 0 aromatic heterocycles. The van der Waals surface area contributed by atoms with Gasteiger partial charge in [-0.15, -0.1) is 0 Å². The molecule has 9 heteroatoms. The van der Waals surface area contributed by atoms with Crippen LogP contribution >= 0.6 is 43.5 Å². The van der Waals surface area contributed by atoms with Crippen LogP contribution in [0.4, 0.5) is 0 Å². The van der Waals surface area contributed by atoms with Crippen LogP contribution in [-0.4, -0.2) is 25.5 Å². The molecule has 154 valence electrons. The van der Waals surface area contributed by atoms with E-state index in [1.54, 1.807) is 12.1 Å². The van der Waals surface area contributed by atoms with Gasteiger partial charge in [-0.3, -0.25) is 4.79 Å². The molecule has 1 heterocycles. The van der Waals surface area contributed by atoms with Crippen molar-refractivity contribution in [2.24, 2.45) is 5.10 Å². The molecule has 1 amide bonds. The number of hydrogen-bond donors (Lipinski definition) is 1. The lowest BCUT2D eigenvalue weighted by atomic mass is 10.0. The zero-order valence-electron chi connectivity index (χ0n) is 16.0. The van der Waals surface area contributed by atoms with Gasteiger partial charge in [0, 0.05) is 16.1 Å². The Hall–Kier alpha value is -1.77. The normalized spacial score (nSPS) is 12.7. The fourth-order valence-electron chi connectivity index (χ4n) is 2.66. The Morgan fingerprint density at radius 2 is 2.00 bits per heavy atom. The lowest BCUT2D eigenvalue weighted by Gasteiger charge is -2.18. The summed E-state index contributed by atoms with van der Waals surface area (Å²) in [5.74, 6) is 1.66. The molecule has 0 saturated heterocycles. The number of fused-ring (bicyclic) bond motifs is 1. The van der Waals surface area contributed by atoms with E-state index in [0.29, 0.717) is 27.8 Å². The van der Waals surface area contributed by atoms with E-state index in [0.717, 1.165) is 20.1 Å². The molecule has 1 aliphatic rings. The predicted octanol–water partition coefficient (Wildman–Crippen LogP) is 5.55. The molecule has 3 rings (SSSR count). The quantitative estimate of drug-likeness (QED) is 0.381. The second kappa shape index (κ2) is 9.36. The molecule has 2 aromatic carbocycles. The van der Waals surface area contributed by atoms with E-state index in [1.165, 1.54) is 6.21 Å². The molecule has 0 atom stereocenters. The summed E-state index contributed by atoms with van der Waals surface area (Å²) < 4.78 is 18.2. The summed E-state index contributed by atoms with van der Waals surface area (Å²) in [7, 11) is 0. The molecule has 2 aromatic rings. The summed E-state index contributed by atoms with van der Waals surface area (Å²) in [5, 5.41) is 4.39. The number of hydrazone groups is 1. The van der Waals surface area contributed by atoms with E-state index in [9.17, 15) is 4.79 Å². The van der Waals surface area contributed by atoms with Crippen LogP contribution in [0, 0.1) is 6.92 Å². The van der Waals surface area contributed by atoms with Crippen LogP contribution in [0.15, 0.2) is 32.2 Å². The van der Waals surface area contributed by atoms with Crippen molar-refractivity contribution < 1.29 is 19.0 Å². The van der Waals surface area contributed by atoms with Crippen LogP contribution in [0.1, 0.15) is 36.5 Å².